The number of alkyl halides is 6. The number of phenols is 2. The minimum atomic E-state index is -6.22. The zero-order chi connectivity index (χ0) is 19.5. The first kappa shape index (κ1) is 20.3. The lowest BCUT2D eigenvalue weighted by Gasteiger charge is -2.20. The molecule has 1 aromatic rings. The Hall–Kier alpha value is -1.78. The van der Waals surface area contributed by atoms with E-state index in [0.29, 0.717) is 0 Å². The van der Waals surface area contributed by atoms with Gasteiger partial charge in [0.15, 0.2) is 21.3 Å². The van der Waals surface area contributed by atoms with E-state index in [1.807, 2.05) is 0 Å². The van der Waals surface area contributed by atoms with Crippen molar-refractivity contribution in [1.29, 1.82) is 0 Å². The van der Waals surface area contributed by atoms with Gasteiger partial charge in [-0.2, -0.15) is 43.2 Å². The quantitative estimate of drug-likeness (QED) is 0.329. The number of rotatable bonds is 2. The van der Waals surface area contributed by atoms with Gasteiger partial charge in [-0.25, -0.2) is 0 Å². The third-order valence-electron chi connectivity index (χ3n) is 2.44. The van der Waals surface area contributed by atoms with Crippen LogP contribution in [0.3, 0.4) is 0 Å². The molecule has 0 aliphatic carbocycles. The van der Waals surface area contributed by atoms with E-state index < -0.39 is 65.0 Å². The van der Waals surface area contributed by atoms with Crippen LogP contribution in [-0.2, 0) is 32.6 Å². The molecule has 0 bridgehead atoms. The van der Waals surface area contributed by atoms with Crippen molar-refractivity contribution in [3.8, 4) is 11.5 Å². The molecule has 1 rings (SSSR count). The molecule has 138 valence electrons. The molecule has 0 aliphatic rings. The number of phenolic OH excluding ortho intramolecular Hbond substituents is 2. The first-order valence-corrected chi connectivity index (χ1v) is 7.90. The SMILES string of the molecule is O=S(=O)(O)c1c(O)c(C(F)(F)F)c(S(=O)(=O)O)c(O)c1C(F)(F)F. The van der Waals surface area contributed by atoms with Crippen LogP contribution in [0.25, 0.3) is 0 Å². The Morgan fingerprint density at radius 2 is 0.833 bits per heavy atom. The number of halogens is 6. The van der Waals surface area contributed by atoms with E-state index in [-0.39, 0.29) is 0 Å². The molecule has 4 N–H and O–H groups in total. The van der Waals surface area contributed by atoms with E-state index in [9.17, 15) is 53.4 Å². The van der Waals surface area contributed by atoms with E-state index in [4.69, 9.17) is 9.11 Å². The fourth-order valence-corrected chi connectivity index (χ4v) is 3.34. The van der Waals surface area contributed by atoms with Crippen molar-refractivity contribution in [2.45, 2.75) is 22.1 Å². The molecule has 0 atom stereocenters. The highest BCUT2D eigenvalue weighted by atomic mass is 32.2. The predicted molar refractivity (Wildman–Crippen MR) is 59.4 cm³/mol. The standard InChI is InChI=1S/C8H4F6O8S2/c9-7(10,11)1-3(15)6(24(20,21)22)2(8(12,13)14)4(16)5(1)23(17,18)19/h15-16H,(H,17,18,19)(H,20,21,22). The summed E-state index contributed by atoms with van der Waals surface area (Å²) in [5, 5.41) is 18.5. The summed E-state index contributed by atoms with van der Waals surface area (Å²) in [5.74, 6) is -5.74. The van der Waals surface area contributed by atoms with Crippen molar-refractivity contribution in [2.75, 3.05) is 0 Å². The van der Waals surface area contributed by atoms with Crippen molar-refractivity contribution in [3.05, 3.63) is 11.1 Å². The number of hydrogen-bond acceptors (Lipinski definition) is 6. The minimum absolute atomic E-state index is 2.83. The smallest absolute Gasteiger partial charge is 0.421 e. The molecular weight excluding hydrogens is 402 g/mol. The molecule has 0 saturated heterocycles. The number of benzene rings is 1. The molecule has 8 nitrogen and oxygen atoms in total. The molecule has 0 aliphatic heterocycles. The fraction of sp³-hybridized carbons (Fsp3) is 0.250. The second kappa shape index (κ2) is 5.36. The molecule has 0 fully saturated rings. The molecule has 0 saturated carbocycles. The summed E-state index contributed by atoms with van der Waals surface area (Å²) in [6.45, 7) is 0. The summed E-state index contributed by atoms with van der Waals surface area (Å²) in [6.07, 6.45) is -12.1. The summed E-state index contributed by atoms with van der Waals surface area (Å²) in [4.78, 5) is -5.65. The predicted octanol–water partition coefficient (Wildman–Crippen LogP) is 1.63. The molecule has 24 heavy (non-hydrogen) atoms. The van der Waals surface area contributed by atoms with Gasteiger partial charge in [-0.05, 0) is 0 Å². The lowest BCUT2D eigenvalue weighted by Crippen LogP contribution is -2.21. The van der Waals surface area contributed by atoms with Gasteiger partial charge in [0.25, 0.3) is 20.2 Å². The zero-order valence-electron chi connectivity index (χ0n) is 10.5. The second-order valence-electron chi connectivity index (χ2n) is 4.05. The normalized spacial score (nSPS) is 14.0. The van der Waals surface area contributed by atoms with Crippen molar-refractivity contribution in [1.82, 2.24) is 0 Å². The van der Waals surface area contributed by atoms with Crippen LogP contribution >= 0.6 is 0 Å². The van der Waals surface area contributed by atoms with Crippen LogP contribution in [0.4, 0.5) is 26.3 Å². The van der Waals surface area contributed by atoms with Crippen molar-refractivity contribution in [3.63, 3.8) is 0 Å². The van der Waals surface area contributed by atoms with E-state index in [0.717, 1.165) is 0 Å². The van der Waals surface area contributed by atoms with Gasteiger partial charge in [0.05, 0.1) is 0 Å². The van der Waals surface area contributed by atoms with Crippen LogP contribution in [0, 0.1) is 0 Å². The van der Waals surface area contributed by atoms with Gasteiger partial charge in [-0.1, -0.05) is 0 Å². The van der Waals surface area contributed by atoms with Gasteiger partial charge in [0.2, 0.25) is 0 Å². The van der Waals surface area contributed by atoms with Gasteiger partial charge in [-0.15, -0.1) is 0 Å². The lowest BCUT2D eigenvalue weighted by molar-refractivity contribution is -0.147. The van der Waals surface area contributed by atoms with Crippen molar-refractivity contribution >= 4 is 20.2 Å². The maximum Gasteiger partial charge on any atom is 0.421 e. The molecule has 1 aromatic carbocycles. The van der Waals surface area contributed by atoms with E-state index >= 15 is 0 Å². The van der Waals surface area contributed by atoms with Crippen LogP contribution in [0.1, 0.15) is 11.1 Å². The molecule has 0 aromatic heterocycles. The zero-order valence-corrected chi connectivity index (χ0v) is 12.1. The maximum absolute atomic E-state index is 12.8. The highest BCUT2D eigenvalue weighted by Gasteiger charge is 2.51. The summed E-state index contributed by atoms with van der Waals surface area (Å²) in [5.41, 5.74) is -6.02. The van der Waals surface area contributed by atoms with Gasteiger partial charge >= 0.3 is 12.4 Å². The summed E-state index contributed by atoms with van der Waals surface area (Å²) >= 11 is 0. The largest absolute Gasteiger partial charge is 0.506 e. The Morgan fingerprint density at radius 1 is 0.625 bits per heavy atom. The fourth-order valence-electron chi connectivity index (χ4n) is 1.71. The lowest BCUT2D eigenvalue weighted by atomic mass is 10.1. The highest BCUT2D eigenvalue weighted by Crippen LogP contribution is 2.53. The summed E-state index contributed by atoms with van der Waals surface area (Å²) in [7, 11) is -12.4. The molecular formula is C8H4F6O8S2. The molecule has 16 heteroatoms. The minimum Gasteiger partial charge on any atom is -0.506 e. The van der Waals surface area contributed by atoms with Crippen LogP contribution in [0.15, 0.2) is 9.79 Å². The topological polar surface area (TPSA) is 149 Å². The Bertz CT molecular complexity index is 820. The summed E-state index contributed by atoms with van der Waals surface area (Å²) < 4.78 is 138. The Labute approximate surface area is 128 Å². The van der Waals surface area contributed by atoms with E-state index in [2.05, 4.69) is 0 Å². The molecule has 0 unspecified atom stereocenters. The van der Waals surface area contributed by atoms with Gasteiger partial charge < -0.3 is 10.2 Å². The Morgan fingerprint density at radius 3 is 0.958 bits per heavy atom. The van der Waals surface area contributed by atoms with E-state index in [1.54, 1.807) is 0 Å². The first-order chi connectivity index (χ1) is 10.3. The van der Waals surface area contributed by atoms with Gasteiger partial charge in [-0.3, -0.25) is 9.11 Å². The first-order valence-electron chi connectivity index (χ1n) is 5.02. The number of hydrogen-bond donors (Lipinski definition) is 4. The van der Waals surface area contributed by atoms with Gasteiger partial charge in [0, 0.05) is 0 Å². The summed E-state index contributed by atoms with van der Waals surface area (Å²) in [6, 6.07) is 0. The average molecular weight is 406 g/mol. The van der Waals surface area contributed by atoms with Crippen LogP contribution in [-0.4, -0.2) is 36.2 Å². The van der Waals surface area contributed by atoms with Crippen LogP contribution in [0.2, 0.25) is 0 Å². The molecule has 0 amide bonds. The molecule has 0 heterocycles. The Kier molecular flexibility index (Phi) is 4.53. The Balaban J connectivity index is 4.46. The number of aromatic hydroxyl groups is 2. The maximum atomic E-state index is 12.8. The van der Waals surface area contributed by atoms with Crippen LogP contribution < -0.4 is 0 Å². The monoisotopic (exact) mass is 406 g/mol. The van der Waals surface area contributed by atoms with Crippen LogP contribution in [0.5, 0.6) is 11.5 Å². The third kappa shape index (κ3) is 3.50. The highest BCUT2D eigenvalue weighted by molar-refractivity contribution is 7.86. The van der Waals surface area contributed by atoms with Crippen molar-refractivity contribution in [2.24, 2.45) is 0 Å². The van der Waals surface area contributed by atoms with Gasteiger partial charge in [0.1, 0.15) is 11.1 Å². The van der Waals surface area contributed by atoms with Crippen molar-refractivity contribution < 1.29 is 62.5 Å². The van der Waals surface area contributed by atoms with E-state index in [1.165, 1.54) is 0 Å². The molecule has 0 spiro atoms. The molecule has 0 radical (unpaired) electrons. The average Bonchev–Trinajstić information content (AvgIpc) is 2.24. The second-order valence-corrected chi connectivity index (χ2v) is 6.77. The third-order valence-corrected chi connectivity index (χ3v) is 4.27.